The van der Waals surface area contributed by atoms with Crippen LogP contribution in [0.3, 0.4) is 0 Å². The van der Waals surface area contributed by atoms with Crippen molar-refractivity contribution in [1.29, 1.82) is 0 Å². The molecule has 0 radical (unpaired) electrons. The highest BCUT2D eigenvalue weighted by Gasteiger charge is 2.44. The van der Waals surface area contributed by atoms with Crippen LogP contribution in [0, 0.1) is 11.3 Å². The van der Waals surface area contributed by atoms with Crippen LogP contribution in [-0.4, -0.2) is 24.6 Å². The lowest BCUT2D eigenvalue weighted by Gasteiger charge is -2.16. The molecule has 0 unspecified atom stereocenters. The van der Waals surface area contributed by atoms with E-state index in [0.29, 0.717) is 11.8 Å². The Labute approximate surface area is 104 Å². The van der Waals surface area contributed by atoms with E-state index < -0.39 is 0 Å². The lowest BCUT2D eigenvalue weighted by molar-refractivity contribution is -0.141. The average molecular weight is 244 g/mol. The molecule has 1 rings (SSSR count). The van der Waals surface area contributed by atoms with Crippen molar-refractivity contribution in [3.8, 4) is 0 Å². The third kappa shape index (κ3) is 4.36. The van der Waals surface area contributed by atoms with Crippen molar-refractivity contribution in [2.24, 2.45) is 11.3 Å². The van der Waals surface area contributed by atoms with Crippen LogP contribution >= 0.6 is 11.8 Å². The van der Waals surface area contributed by atoms with Crippen molar-refractivity contribution in [2.45, 2.75) is 46.0 Å². The summed E-state index contributed by atoms with van der Waals surface area (Å²) in [4.78, 5) is 11.2. The van der Waals surface area contributed by atoms with Crippen LogP contribution < -0.4 is 0 Å². The number of rotatable bonds is 8. The molecule has 1 saturated carbocycles. The number of thioether (sulfide) groups is 1. The molecule has 0 spiro atoms. The summed E-state index contributed by atoms with van der Waals surface area (Å²) in [6.07, 6.45) is 5.58. The van der Waals surface area contributed by atoms with E-state index in [1.165, 1.54) is 38.5 Å². The minimum absolute atomic E-state index is 0.0411. The Morgan fingerprint density at radius 1 is 1.38 bits per heavy atom. The molecule has 3 heteroatoms. The van der Waals surface area contributed by atoms with Crippen LogP contribution in [-0.2, 0) is 9.53 Å². The summed E-state index contributed by atoms with van der Waals surface area (Å²) in [6, 6.07) is 0. The van der Waals surface area contributed by atoms with Crippen LogP contribution in [0.4, 0.5) is 0 Å². The number of hydrogen-bond donors (Lipinski definition) is 0. The van der Waals surface area contributed by atoms with Gasteiger partial charge in [-0.1, -0.05) is 26.7 Å². The molecule has 0 aliphatic heterocycles. The molecule has 0 heterocycles. The first-order chi connectivity index (χ1) is 7.65. The van der Waals surface area contributed by atoms with Gasteiger partial charge in [0.25, 0.3) is 0 Å². The van der Waals surface area contributed by atoms with E-state index in [1.807, 2.05) is 11.8 Å². The van der Waals surface area contributed by atoms with E-state index in [9.17, 15) is 4.79 Å². The van der Waals surface area contributed by atoms with Crippen LogP contribution in [0.25, 0.3) is 0 Å². The van der Waals surface area contributed by atoms with E-state index in [2.05, 4.69) is 13.8 Å². The molecule has 16 heavy (non-hydrogen) atoms. The fraction of sp³-hybridized carbons (Fsp3) is 0.923. The Morgan fingerprint density at radius 2 is 2.00 bits per heavy atom. The van der Waals surface area contributed by atoms with Gasteiger partial charge in [-0.15, -0.1) is 0 Å². The van der Waals surface area contributed by atoms with E-state index >= 15 is 0 Å². The second kappa shape index (κ2) is 6.53. The fourth-order valence-corrected chi connectivity index (χ4v) is 3.64. The second-order valence-corrected chi connectivity index (χ2v) is 5.98. The summed E-state index contributed by atoms with van der Waals surface area (Å²) >= 11 is 2.02. The Kier molecular flexibility index (Phi) is 5.67. The molecule has 2 nitrogen and oxygen atoms in total. The number of hydrogen-bond acceptors (Lipinski definition) is 3. The number of carbonyl (C=O) groups excluding carboxylic acids is 1. The summed E-state index contributed by atoms with van der Waals surface area (Å²) in [7, 11) is 1.48. The smallest absolute Gasteiger partial charge is 0.306 e. The minimum atomic E-state index is -0.0411. The molecule has 0 aromatic heterocycles. The predicted molar refractivity (Wildman–Crippen MR) is 69.7 cm³/mol. The van der Waals surface area contributed by atoms with Gasteiger partial charge in [0.2, 0.25) is 0 Å². The average Bonchev–Trinajstić information content (AvgIpc) is 3.04. The molecule has 0 aromatic carbocycles. The Morgan fingerprint density at radius 3 is 2.44 bits per heavy atom. The maximum absolute atomic E-state index is 11.2. The Bertz CT molecular complexity index is 220. The monoisotopic (exact) mass is 244 g/mol. The topological polar surface area (TPSA) is 26.3 Å². The number of carbonyl (C=O) groups is 1. The van der Waals surface area contributed by atoms with Gasteiger partial charge in [0, 0.05) is 0 Å². The zero-order chi connectivity index (χ0) is 12.0. The molecular formula is C13H24O2S. The van der Waals surface area contributed by atoms with Gasteiger partial charge in [-0.3, -0.25) is 4.79 Å². The lowest BCUT2D eigenvalue weighted by atomic mass is 10.1. The van der Waals surface area contributed by atoms with Gasteiger partial charge in [-0.25, -0.2) is 0 Å². The number of methoxy groups -OCH3 is 1. The van der Waals surface area contributed by atoms with Gasteiger partial charge < -0.3 is 4.74 Å². The van der Waals surface area contributed by atoms with Gasteiger partial charge >= 0.3 is 5.97 Å². The third-order valence-electron chi connectivity index (χ3n) is 3.62. The quantitative estimate of drug-likeness (QED) is 0.611. The zero-order valence-electron chi connectivity index (χ0n) is 10.8. The van der Waals surface area contributed by atoms with Crippen molar-refractivity contribution < 1.29 is 9.53 Å². The standard InChI is InChI=1S/C13H24O2S/c1-4-11(5-2)9-16-10-13(6-7-13)8-12(14)15-3/h11H,4-10H2,1-3H3. The predicted octanol–water partition coefficient (Wildman–Crippen LogP) is 3.50. The molecule has 0 aromatic rings. The normalized spacial score (nSPS) is 17.5. The SMILES string of the molecule is CCC(CC)CSCC1(CC(=O)OC)CC1. The molecule has 1 aliphatic rings. The summed E-state index contributed by atoms with van der Waals surface area (Å²) in [6.45, 7) is 4.52. The first-order valence-electron chi connectivity index (χ1n) is 6.30. The van der Waals surface area contributed by atoms with Gasteiger partial charge in [0.1, 0.15) is 0 Å². The van der Waals surface area contributed by atoms with Crippen molar-refractivity contribution >= 4 is 17.7 Å². The third-order valence-corrected chi connectivity index (χ3v) is 5.14. The molecule has 1 aliphatic carbocycles. The van der Waals surface area contributed by atoms with E-state index in [-0.39, 0.29) is 5.97 Å². The molecule has 0 amide bonds. The number of esters is 1. The van der Waals surface area contributed by atoms with E-state index in [1.54, 1.807) is 0 Å². The first kappa shape index (κ1) is 13.9. The summed E-state index contributed by atoms with van der Waals surface area (Å²) in [5.41, 5.74) is 0.295. The second-order valence-electron chi connectivity index (χ2n) is 4.95. The summed E-state index contributed by atoms with van der Waals surface area (Å²) in [5.74, 6) is 3.19. The zero-order valence-corrected chi connectivity index (χ0v) is 11.6. The van der Waals surface area contributed by atoms with Crippen LogP contribution in [0.5, 0.6) is 0 Å². The molecule has 94 valence electrons. The van der Waals surface area contributed by atoms with Crippen LogP contribution in [0.2, 0.25) is 0 Å². The Balaban J connectivity index is 2.19. The highest BCUT2D eigenvalue weighted by Crippen LogP contribution is 2.51. The number of ether oxygens (including phenoxy) is 1. The molecule has 1 fully saturated rings. The van der Waals surface area contributed by atoms with Crippen molar-refractivity contribution in [2.75, 3.05) is 18.6 Å². The van der Waals surface area contributed by atoms with Crippen molar-refractivity contribution in [3.63, 3.8) is 0 Å². The van der Waals surface area contributed by atoms with Crippen LogP contribution in [0.15, 0.2) is 0 Å². The van der Waals surface area contributed by atoms with Gasteiger partial charge in [-0.05, 0) is 35.7 Å². The molecule has 0 bridgehead atoms. The highest BCUT2D eigenvalue weighted by molar-refractivity contribution is 7.99. The first-order valence-corrected chi connectivity index (χ1v) is 7.46. The maximum atomic E-state index is 11.2. The summed E-state index contributed by atoms with van der Waals surface area (Å²) in [5, 5.41) is 0. The minimum Gasteiger partial charge on any atom is -0.469 e. The lowest BCUT2D eigenvalue weighted by Crippen LogP contribution is -2.14. The van der Waals surface area contributed by atoms with Crippen LogP contribution in [0.1, 0.15) is 46.0 Å². The maximum Gasteiger partial charge on any atom is 0.306 e. The fourth-order valence-electron chi connectivity index (χ4n) is 1.89. The largest absolute Gasteiger partial charge is 0.469 e. The van der Waals surface area contributed by atoms with Crippen molar-refractivity contribution in [3.05, 3.63) is 0 Å². The van der Waals surface area contributed by atoms with E-state index in [4.69, 9.17) is 4.74 Å². The van der Waals surface area contributed by atoms with Gasteiger partial charge in [0.15, 0.2) is 0 Å². The molecule has 0 saturated heterocycles. The highest BCUT2D eigenvalue weighted by atomic mass is 32.2. The molecule has 0 N–H and O–H groups in total. The molecule has 0 atom stereocenters. The van der Waals surface area contributed by atoms with Gasteiger partial charge in [-0.2, -0.15) is 11.8 Å². The van der Waals surface area contributed by atoms with E-state index in [0.717, 1.165) is 11.7 Å². The molecular weight excluding hydrogens is 220 g/mol. The Hall–Kier alpha value is -0.180. The van der Waals surface area contributed by atoms with Crippen molar-refractivity contribution in [1.82, 2.24) is 0 Å². The van der Waals surface area contributed by atoms with Gasteiger partial charge in [0.05, 0.1) is 13.5 Å². The summed E-state index contributed by atoms with van der Waals surface area (Å²) < 4.78 is 4.75.